The van der Waals surface area contributed by atoms with Crippen LogP contribution in [0.3, 0.4) is 0 Å². The van der Waals surface area contributed by atoms with E-state index in [0.717, 1.165) is 40.1 Å². The second-order valence-electron chi connectivity index (χ2n) is 8.43. The molecule has 5 aromatic rings. The van der Waals surface area contributed by atoms with E-state index >= 15 is 0 Å². The van der Waals surface area contributed by atoms with Crippen molar-refractivity contribution in [2.45, 2.75) is 6.42 Å². The third kappa shape index (κ3) is 6.41. The highest BCUT2D eigenvalue weighted by Crippen LogP contribution is 2.31. The maximum atomic E-state index is 12.2. The molecular formula is C29H26ClN5O3. The molecule has 38 heavy (non-hydrogen) atoms. The Labute approximate surface area is 225 Å². The minimum Gasteiger partial charge on any atom is -0.492 e. The van der Waals surface area contributed by atoms with Crippen LogP contribution in [0.25, 0.3) is 22.4 Å². The first-order valence-corrected chi connectivity index (χ1v) is 12.7. The summed E-state index contributed by atoms with van der Waals surface area (Å²) in [5, 5.41) is 9.84. The van der Waals surface area contributed by atoms with Crippen LogP contribution in [0.1, 0.15) is 5.56 Å². The summed E-state index contributed by atoms with van der Waals surface area (Å²) in [7, 11) is 0. The molecule has 8 nitrogen and oxygen atoms in total. The van der Waals surface area contributed by atoms with Crippen molar-refractivity contribution in [2.75, 3.05) is 35.0 Å². The Hall–Kier alpha value is -4.56. The maximum Gasteiger partial charge on any atom is 0.323 e. The van der Waals surface area contributed by atoms with Crippen molar-refractivity contribution in [2.24, 2.45) is 0 Å². The number of aromatic nitrogens is 2. The average molecular weight is 528 g/mol. The molecule has 5 rings (SSSR count). The summed E-state index contributed by atoms with van der Waals surface area (Å²) < 4.78 is 11.5. The van der Waals surface area contributed by atoms with Crippen molar-refractivity contribution >= 4 is 45.9 Å². The minimum atomic E-state index is -0.284. The number of furan rings is 1. The molecule has 0 saturated carbocycles. The predicted molar refractivity (Wildman–Crippen MR) is 151 cm³/mol. The molecule has 0 fully saturated rings. The Balaban J connectivity index is 1.17. The fraction of sp³-hybridized carbons (Fsp3) is 0.138. The molecule has 3 N–H and O–H groups in total. The Morgan fingerprint density at radius 1 is 0.895 bits per heavy atom. The number of para-hydroxylation sites is 1. The highest BCUT2D eigenvalue weighted by molar-refractivity contribution is 6.18. The van der Waals surface area contributed by atoms with Gasteiger partial charge in [0, 0.05) is 23.5 Å². The van der Waals surface area contributed by atoms with Gasteiger partial charge >= 0.3 is 6.03 Å². The number of benzene rings is 3. The zero-order valence-electron chi connectivity index (χ0n) is 20.5. The number of nitrogens with zero attached hydrogens (tertiary/aromatic N) is 2. The van der Waals surface area contributed by atoms with Crippen LogP contribution in [0.4, 0.5) is 22.0 Å². The van der Waals surface area contributed by atoms with E-state index < -0.39 is 0 Å². The Kier molecular flexibility index (Phi) is 8.01. The van der Waals surface area contributed by atoms with Crippen LogP contribution in [0, 0.1) is 0 Å². The van der Waals surface area contributed by atoms with Crippen molar-refractivity contribution in [3.05, 3.63) is 96.8 Å². The van der Waals surface area contributed by atoms with E-state index in [1.54, 1.807) is 0 Å². The van der Waals surface area contributed by atoms with Gasteiger partial charge in [-0.05, 0) is 66.6 Å². The lowest BCUT2D eigenvalue weighted by Crippen LogP contribution is -2.19. The molecule has 2 heterocycles. The van der Waals surface area contributed by atoms with Crippen molar-refractivity contribution in [3.63, 3.8) is 0 Å². The standard InChI is InChI=1S/C29H26ClN5O3/c30-15-17-37-24-12-8-21(9-13-24)26-18-25-27(32-19-33-28(25)38-26)31-16-14-20-6-10-23(11-7-20)35-29(36)34-22-4-2-1-3-5-22/h1-13,18-19H,14-17H2,(H,31,32,33)(H2,34,35,36). The molecule has 2 aromatic heterocycles. The van der Waals surface area contributed by atoms with Gasteiger partial charge in [-0.1, -0.05) is 30.3 Å². The van der Waals surface area contributed by atoms with Crippen LogP contribution in [-0.2, 0) is 6.42 Å². The summed E-state index contributed by atoms with van der Waals surface area (Å²) >= 11 is 5.68. The zero-order chi connectivity index (χ0) is 26.2. The number of fused-ring (bicyclic) bond motifs is 1. The first-order valence-electron chi connectivity index (χ1n) is 12.2. The van der Waals surface area contributed by atoms with E-state index in [-0.39, 0.29) is 6.03 Å². The number of hydrogen-bond donors (Lipinski definition) is 3. The first kappa shape index (κ1) is 25.1. The molecule has 2 amide bonds. The highest BCUT2D eigenvalue weighted by Gasteiger charge is 2.12. The van der Waals surface area contributed by atoms with Crippen molar-refractivity contribution in [3.8, 4) is 17.1 Å². The van der Waals surface area contributed by atoms with Gasteiger partial charge in [-0.3, -0.25) is 0 Å². The number of ether oxygens (including phenoxy) is 1. The summed E-state index contributed by atoms with van der Waals surface area (Å²) in [5.74, 6) is 2.61. The van der Waals surface area contributed by atoms with Gasteiger partial charge in [-0.15, -0.1) is 11.6 Å². The molecule has 0 unspecified atom stereocenters. The van der Waals surface area contributed by atoms with Gasteiger partial charge in [0.1, 0.15) is 30.3 Å². The highest BCUT2D eigenvalue weighted by atomic mass is 35.5. The minimum absolute atomic E-state index is 0.284. The first-order chi connectivity index (χ1) is 18.7. The van der Waals surface area contributed by atoms with Crippen LogP contribution in [0.5, 0.6) is 5.75 Å². The van der Waals surface area contributed by atoms with Gasteiger partial charge in [-0.25, -0.2) is 14.8 Å². The van der Waals surface area contributed by atoms with Crippen molar-refractivity contribution in [1.29, 1.82) is 0 Å². The monoisotopic (exact) mass is 527 g/mol. The summed E-state index contributed by atoms with van der Waals surface area (Å²) in [5.41, 5.74) is 4.02. The summed E-state index contributed by atoms with van der Waals surface area (Å²) in [6.45, 7) is 1.13. The lowest BCUT2D eigenvalue weighted by Gasteiger charge is -2.09. The van der Waals surface area contributed by atoms with Gasteiger partial charge in [0.2, 0.25) is 5.71 Å². The number of carbonyl (C=O) groups is 1. The number of amides is 2. The van der Waals surface area contributed by atoms with E-state index in [4.69, 9.17) is 20.8 Å². The van der Waals surface area contributed by atoms with Crippen molar-refractivity contribution in [1.82, 2.24) is 9.97 Å². The fourth-order valence-electron chi connectivity index (χ4n) is 3.91. The molecule has 0 atom stereocenters. The molecule has 0 bridgehead atoms. The van der Waals surface area contributed by atoms with Crippen LogP contribution in [0.15, 0.2) is 95.7 Å². The number of alkyl halides is 1. The molecule has 0 saturated heterocycles. The van der Waals surface area contributed by atoms with E-state index in [1.807, 2.05) is 84.9 Å². The number of nitrogens with one attached hydrogen (secondary N) is 3. The van der Waals surface area contributed by atoms with E-state index in [9.17, 15) is 4.79 Å². The van der Waals surface area contributed by atoms with Crippen LogP contribution >= 0.6 is 11.6 Å². The Morgan fingerprint density at radius 3 is 2.37 bits per heavy atom. The number of rotatable bonds is 10. The third-order valence-electron chi connectivity index (χ3n) is 5.76. The van der Waals surface area contributed by atoms with Gasteiger partial charge in [0.25, 0.3) is 0 Å². The molecule has 0 aliphatic heterocycles. The van der Waals surface area contributed by atoms with E-state index in [2.05, 4.69) is 25.9 Å². The Bertz CT molecular complexity index is 1490. The molecule has 9 heteroatoms. The quantitative estimate of drug-likeness (QED) is 0.172. The Morgan fingerprint density at radius 2 is 1.63 bits per heavy atom. The summed E-state index contributed by atoms with van der Waals surface area (Å²) in [6, 6.07) is 26.4. The molecular weight excluding hydrogens is 502 g/mol. The molecule has 192 valence electrons. The molecule has 0 aliphatic carbocycles. The molecule has 3 aromatic carbocycles. The topological polar surface area (TPSA) is 101 Å². The molecule has 0 radical (unpaired) electrons. The lowest BCUT2D eigenvalue weighted by molar-refractivity contribution is 0.262. The largest absolute Gasteiger partial charge is 0.492 e. The smallest absolute Gasteiger partial charge is 0.323 e. The number of halogens is 1. The van der Waals surface area contributed by atoms with Gasteiger partial charge in [-0.2, -0.15) is 0 Å². The second-order valence-corrected chi connectivity index (χ2v) is 8.81. The van der Waals surface area contributed by atoms with Crippen LogP contribution in [-0.4, -0.2) is 35.0 Å². The maximum absolute atomic E-state index is 12.2. The number of carbonyl (C=O) groups excluding carboxylic acids is 1. The number of urea groups is 1. The lowest BCUT2D eigenvalue weighted by atomic mass is 10.1. The third-order valence-corrected chi connectivity index (χ3v) is 5.92. The van der Waals surface area contributed by atoms with E-state index in [1.165, 1.54) is 6.33 Å². The van der Waals surface area contributed by atoms with Crippen LogP contribution in [0.2, 0.25) is 0 Å². The average Bonchev–Trinajstić information content (AvgIpc) is 3.39. The van der Waals surface area contributed by atoms with Gasteiger partial charge in [0.05, 0.1) is 11.3 Å². The van der Waals surface area contributed by atoms with Crippen molar-refractivity contribution < 1.29 is 13.9 Å². The van der Waals surface area contributed by atoms with E-state index in [0.29, 0.717) is 36.3 Å². The zero-order valence-corrected chi connectivity index (χ0v) is 21.2. The summed E-state index contributed by atoms with van der Waals surface area (Å²) in [6.07, 6.45) is 2.26. The number of anilines is 3. The van der Waals surface area contributed by atoms with Gasteiger partial charge < -0.3 is 25.1 Å². The summed E-state index contributed by atoms with van der Waals surface area (Å²) in [4.78, 5) is 20.9. The molecule has 0 spiro atoms. The van der Waals surface area contributed by atoms with Crippen LogP contribution < -0.4 is 20.7 Å². The number of hydrogen-bond acceptors (Lipinski definition) is 6. The predicted octanol–water partition coefficient (Wildman–Crippen LogP) is 6.81. The molecule has 0 aliphatic rings. The second kappa shape index (κ2) is 12.1. The SMILES string of the molecule is O=C(Nc1ccccc1)Nc1ccc(CCNc2ncnc3oc(-c4ccc(OCCCl)cc4)cc23)cc1. The fourth-order valence-corrected chi connectivity index (χ4v) is 3.98. The normalized spacial score (nSPS) is 10.8. The van der Waals surface area contributed by atoms with Gasteiger partial charge in [0.15, 0.2) is 0 Å².